The Balaban J connectivity index is 1.53. The van der Waals surface area contributed by atoms with E-state index in [9.17, 15) is 0 Å². The molecule has 0 unspecified atom stereocenters. The Morgan fingerprint density at radius 2 is 1.00 bits per heavy atom. The maximum atomic E-state index is 5.45. The van der Waals surface area contributed by atoms with E-state index >= 15 is 0 Å². The van der Waals surface area contributed by atoms with Crippen molar-refractivity contribution in [2.45, 2.75) is 82.8 Å². The molecule has 112 valence electrons. The molecule has 0 saturated heterocycles. The van der Waals surface area contributed by atoms with Gasteiger partial charge in [0.15, 0.2) is 0 Å². The second-order valence-corrected chi connectivity index (χ2v) is 6.69. The Morgan fingerprint density at radius 1 is 0.632 bits per heavy atom. The van der Waals surface area contributed by atoms with Crippen molar-refractivity contribution in [1.29, 1.82) is 0 Å². The fraction of sp³-hybridized carbons (Fsp3) is 1.00. The van der Waals surface area contributed by atoms with Crippen LogP contribution < -0.4 is 0 Å². The first-order valence-corrected chi connectivity index (χ1v) is 8.37. The molecule has 0 radical (unpaired) electrons. The zero-order valence-electron chi connectivity index (χ0n) is 12.9. The number of hydrogen-bond acceptors (Lipinski definition) is 2. The highest BCUT2D eigenvalue weighted by Gasteiger charge is 2.23. The molecule has 2 nitrogen and oxygen atoms in total. The highest BCUT2D eigenvalue weighted by atomic mass is 16.5. The van der Waals surface area contributed by atoms with Gasteiger partial charge in [0, 0.05) is 14.2 Å². The minimum absolute atomic E-state index is 0.556. The molecule has 0 aromatic carbocycles. The summed E-state index contributed by atoms with van der Waals surface area (Å²) in [5, 5.41) is 0. The SMILES string of the molecule is COC1CCC(CCCC2CCC(OC)CC2)CC1. The van der Waals surface area contributed by atoms with Crippen LogP contribution in [0.15, 0.2) is 0 Å². The number of ether oxygens (including phenoxy) is 2. The molecule has 0 heterocycles. The van der Waals surface area contributed by atoms with Crippen molar-refractivity contribution in [3.63, 3.8) is 0 Å². The van der Waals surface area contributed by atoms with Crippen molar-refractivity contribution in [2.75, 3.05) is 14.2 Å². The van der Waals surface area contributed by atoms with Crippen LogP contribution in [-0.4, -0.2) is 26.4 Å². The molecule has 2 saturated carbocycles. The van der Waals surface area contributed by atoms with E-state index in [0.29, 0.717) is 12.2 Å². The number of methoxy groups -OCH3 is 2. The summed E-state index contributed by atoms with van der Waals surface area (Å²) >= 11 is 0. The Bertz CT molecular complexity index is 201. The molecule has 0 aromatic heterocycles. The van der Waals surface area contributed by atoms with Gasteiger partial charge in [-0.2, -0.15) is 0 Å². The van der Waals surface area contributed by atoms with E-state index in [1.54, 1.807) is 0 Å². The summed E-state index contributed by atoms with van der Waals surface area (Å²) in [7, 11) is 3.72. The molecule has 2 fully saturated rings. The first-order chi connectivity index (χ1) is 9.31. The lowest BCUT2D eigenvalue weighted by Gasteiger charge is -2.29. The van der Waals surface area contributed by atoms with Crippen LogP contribution in [0.3, 0.4) is 0 Å². The summed E-state index contributed by atoms with van der Waals surface area (Å²) in [5.41, 5.74) is 0. The number of hydrogen-bond donors (Lipinski definition) is 0. The highest BCUT2D eigenvalue weighted by molar-refractivity contribution is 4.75. The van der Waals surface area contributed by atoms with Crippen LogP contribution >= 0.6 is 0 Å². The van der Waals surface area contributed by atoms with Crippen molar-refractivity contribution in [1.82, 2.24) is 0 Å². The van der Waals surface area contributed by atoms with E-state index < -0.39 is 0 Å². The monoisotopic (exact) mass is 268 g/mol. The molecule has 2 rings (SSSR count). The topological polar surface area (TPSA) is 18.5 Å². The normalized spacial score (nSPS) is 36.3. The van der Waals surface area contributed by atoms with Crippen LogP contribution in [0.2, 0.25) is 0 Å². The molecule has 0 N–H and O–H groups in total. The molecular formula is C17H32O2. The molecule has 0 spiro atoms. The smallest absolute Gasteiger partial charge is 0.0571 e. The van der Waals surface area contributed by atoms with E-state index in [0.717, 1.165) is 11.8 Å². The lowest BCUT2D eigenvalue weighted by atomic mass is 9.80. The molecule has 0 amide bonds. The Morgan fingerprint density at radius 3 is 1.32 bits per heavy atom. The fourth-order valence-corrected chi connectivity index (χ4v) is 4.01. The van der Waals surface area contributed by atoms with E-state index in [1.807, 2.05) is 14.2 Å². The Labute approximate surface area is 119 Å². The van der Waals surface area contributed by atoms with Gasteiger partial charge in [-0.25, -0.2) is 0 Å². The van der Waals surface area contributed by atoms with Crippen molar-refractivity contribution in [2.24, 2.45) is 11.8 Å². The van der Waals surface area contributed by atoms with E-state index in [1.165, 1.54) is 70.6 Å². The standard InChI is InChI=1S/C17H32O2/c1-18-16-10-6-14(7-11-16)4-3-5-15-8-12-17(19-2)13-9-15/h14-17H,3-13H2,1-2H3. The second kappa shape index (κ2) is 8.26. The summed E-state index contributed by atoms with van der Waals surface area (Å²) in [6.45, 7) is 0. The summed E-state index contributed by atoms with van der Waals surface area (Å²) in [5.74, 6) is 1.98. The Kier molecular flexibility index (Phi) is 6.66. The third-order valence-electron chi connectivity index (χ3n) is 5.48. The van der Waals surface area contributed by atoms with Crippen LogP contribution in [0.25, 0.3) is 0 Å². The van der Waals surface area contributed by atoms with Crippen molar-refractivity contribution < 1.29 is 9.47 Å². The van der Waals surface area contributed by atoms with E-state index in [2.05, 4.69) is 0 Å². The molecule has 0 aromatic rings. The first-order valence-electron chi connectivity index (χ1n) is 8.37. The van der Waals surface area contributed by atoms with Crippen LogP contribution in [0.5, 0.6) is 0 Å². The van der Waals surface area contributed by atoms with E-state index in [-0.39, 0.29) is 0 Å². The molecular weight excluding hydrogens is 236 g/mol. The third-order valence-corrected chi connectivity index (χ3v) is 5.48. The number of rotatable bonds is 6. The van der Waals surface area contributed by atoms with Gasteiger partial charge in [0.2, 0.25) is 0 Å². The minimum Gasteiger partial charge on any atom is -0.381 e. The van der Waals surface area contributed by atoms with Crippen LogP contribution in [0.4, 0.5) is 0 Å². The van der Waals surface area contributed by atoms with Crippen molar-refractivity contribution in [3.05, 3.63) is 0 Å². The fourth-order valence-electron chi connectivity index (χ4n) is 4.01. The van der Waals surface area contributed by atoms with Gasteiger partial charge >= 0.3 is 0 Å². The van der Waals surface area contributed by atoms with Gasteiger partial charge < -0.3 is 9.47 Å². The van der Waals surface area contributed by atoms with Crippen molar-refractivity contribution >= 4 is 0 Å². The van der Waals surface area contributed by atoms with Crippen molar-refractivity contribution in [3.8, 4) is 0 Å². The predicted octanol–water partition coefficient (Wildman–Crippen LogP) is 4.57. The quantitative estimate of drug-likeness (QED) is 0.702. The second-order valence-electron chi connectivity index (χ2n) is 6.69. The Hall–Kier alpha value is -0.0800. The highest BCUT2D eigenvalue weighted by Crippen LogP contribution is 2.33. The summed E-state index contributed by atoms with van der Waals surface area (Å²) in [4.78, 5) is 0. The third kappa shape index (κ3) is 5.07. The van der Waals surface area contributed by atoms with E-state index in [4.69, 9.17) is 9.47 Å². The van der Waals surface area contributed by atoms with Gasteiger partial charge in [-0.05, 0) is 63.2 Å². The van der Waals surface area contributed by atoms with Gasteiger partial charge in [0.25, 0.3) is 0 Å². The molecule has 2 aliphatic carbocycles. The van der Waals surface area contributed by atoms with Gasteiger partial charge in [-0.3, -0.25) is 0 Å². The molecule has 0 atom stereocenters. The zero-order valence-corrected chi connectivity index (χ0v) is 12.9. The van der Waals surface area contributed by atoms with Gasteiger partial charge in [-0.1, -0.05) is 19.3 Å². The first kappa shape index (κ1) is 15.3. The van der Waals surface area contributed by atoms with Crippen LogP contribution in [0, 0.1) is 11.8 Å². The maximum Gasteiger partial charge on any atom is 0.0571 e. The molecule has 19 heavy (non-hydrogen) atoms. The molecule has 2 aliphatic rings. The summed E-state index contributed by atoms with van der Waals surface area (Å²) in [6, 6.07) is 0. The van der Waals surface area contributed by atoms with Crippen LogP contribution in [0.1, 0.15) is 70.6 Å². The lowest BCUT2D eigenvalue weighted by Crippen LogP contribution is -2.21. The summed E-state index contributed by atoms with van der Waals surface area (Å²) < 4.78 is 10.9. The molecule has 2 heteroatoms. The zero-order chi connectivity index (χ0) is 13.5. The van der Waals surface area contributed by atoms with Gasteiger partial charge in [0.05, 0.1) is 12.2 Å². The largest absolute Gasteiger partial charge is 0.381 e. The maximum absolute atomic E-state index is 5.45. The molecule has 0 bridgehead atoms. The predicted molar refractivity (Wildman–Crippen MR) is 79.4 cm³/mol. The van der Waals surface area contributed by atoms with Crippen LogP contribution in [-0.2, 0) is 9.47 Å². The average Bonchev–Trinajstić information content (AvgIpc) is 2.49. The van der Waals surface area contributed by atoms with Gasteiger partial charge in [0.1, 0.15) is 0 Å². The minimum atomic E-state index is 0.556. The summed E-state index contributed by atoms with van der Waals surface area (Å²) in [6.07, 6.45) is 16.2. The van der Waals surface area contributed by atoms with Gasteiger partial charge in [-0.15, -0.1) is 0 Å². The average molecular weight is 268 g/mol. The molecule has 0 aliphatic heterocycles. The lowest BCUT2D eigenvalue weighted by molar-refractivity contribution is 0.0509.